The molecule has 0 atom stereocenters. The standard InChI is InChI=1S/C23H33N7O2/c1-6-32-14-19-28-20-21(15(2)16(3)26-22(20)24)30(19)13-7-12-25-23(31)27-17-8-10-18(11-9-17)29(4)5/h8-11H,6-7,12-14H2,1-5H3,(H2,24,26)(H2,25,27,31). The summed E-state index contributed by atoms with van der Waals surface area (Å²) in [5.41, 5.74) is 11.6. The van der Waals surface area contributed by atoms with Gasteiger partial charge in [-0.1, -0.05) is 0 Å². The van der Waals surface area contributed by atoms with Gasteiger partial charge in [-0.15, -0.1) is 0 Å². The Morgan fingerprint density at radius 1 is 1.19 bits per heavy atom. The van der Waals surface area contributed by atoms with Crippen LogP contribution in [0.5, 0.6) is 0 Å². The van der Waals surface area contributed by atoms with Gasteiger partial charge in [0.2, 0.25) is 0 Å². The van der Waals surface area contributed by atoms with Crippen molar-refractivity contribution >= 4 is 34.3 Å². The van der Waals surface area contributed by atoms with Crippen LogP contribution in [0.25, 0.3) is 11.0 Å². The fraction of sp³-hybridized carbons (Fsp3) is 0.435. The lowest BCUT2D eigenvalue weighted by Gasteiger charge is -2.14. The summed E-state index contributed by atoms with van der Waals surface area (Å²) in [6.45, 7) is 8.14. The largest absolute Gasteiger partial charge is 0.382 e. The first-order valence-corrected chi connectivity index (χ1v) is 10.8. The van der Waals surface area contributed by atoms with Crippen LogP contribution in [-0.2, 0) is 17.9 Å². The summed E-state index contributed by atoms with van der Waals surface area (Å²) < 4.78 is 7.74. The monoisotopic (exact) mass is 439 g/mol. The smallest absolute Gasteiger partial charge is 0.319 e. The van der Waals surface area contributed by atoms with Gasteiger partial charge in [-0.2, -0.15) is 0 Å². The van der Waals surface area contributed by atoms with Gasteiger partial charge in [0.05, 0.1) is 5.52 Å². The van der Waals surface area contributed by atoms with E-state index in [9.17, 15) is 4.79 Å². The number of aryl methyl sites for hydroxylation is 3. The van der Waals surface area contributed by atoms with Gasteiger partial charge in [0, 0.05) is 50.9 Å². The summed E-state index contributed by atoms with van der Waals surface area (Å²) in [6.07, 6.45) is 0.734. The Kier molecular flexibility index (Phi) is 7.53. The molecule has 0 unspecified atom stereocenters. The van der Waals surface area contributed by atoms with Crippen molar-refractivity contribution in [3.05, 3.63) is 41.3 Å². The summed E-state index contributed by atoms with van der Waals surface area (Å²) in [7, 11) is 3.96. The molecule has 0 aliphatic rings. The average Bonchev–Trinajstić information content (AvgIpc) is 3.13. The van der Waals surface area contributed by atoms with Gasteiger partial charge >= 0.3 is 6.03 Å². The van der Waals surface area contributed by atoms with Crippen molar-refractivity contribution in [3.8, 4) is 0 Å². The number of benzene rings is 1. The maximum absolute atomic E-state index is 12.3. The summed E-state index contributed by atoms with van der Waals surface area (Å²) in [5.74, 6) is 1.24. The fourth-order valence-electron chi connectivity index (χ4n) is 3.55. The highest BCUT2D eigenvalue weighted by Gasteiger charge is 2.17. The van der Waals surface area contributed by atoms with Crippen LogP contribution in [0, 0.1) is 13.8 Å². The number of hydrogen-bond donors (Lipinski definition) is 3. The number of nitrogens with two attached hydrogens (primary N) is 1. The van der Waals surface area contributed by atoms with Gasteiger partial charge in [0.1, 0.15) is 17.9 Å². The van der Waals surface area contributed by atoms with E-state index >= 15 is 0 Å². The Morgan fingerprint density at radius 2 is 1.91 bits per heavy atom. The van der Waals surface area contributed by atoms with Gasteiger partial charge < -0.3 is 30.6 Å². The molecule has 3 aromatic rings. The number of urea groups is 1. The first kappa shape index (κ1) is 23.3. The molecule has 172 valence electrons. The zero-order chi connectivity index (χ0) is 23.3. The molecule has 0 saturated heterocycles. The van der Waals surface area contributed by atoms with E-state index in [4.69, 9.17) is 10.5 Å². The lowest BCUT2D eigenvalue weighted by Crippen LogP contribution is -2.30. The Labute approximate surface area is 189 Å². The first-order valence-electron chi connectivity index (χ1n) is 10.8. The van der Waals surface area contributed by atoms with Crippen molar-refractivity contribution in [2.24, 2.45) is 0 Å². The molecule has 3 rings (SSSR count). The number of fused-ring (bicyclic) bond motifs is 1. The maximum Gasteiger partial charge on any atom is 0.319 e. The zero-order valence-electron chi connectivity index (χ0n) is 19.5. The van der Waals surface area contributed by atoms with E-state index in [1.807, 2.05) is 64.0 Å². The minimum absolute atomic E-state index is 0.229. The van der Waals surface area contributed by atoms with E-state index in [0.29, 0.717) is 37.6 Å². The number of amides is 2. The van der Waals surface area contributed by atoms with Crippen LogP contribution in [0.3, 0.4) is 0 Å². The molecule has 2 aromatic heterocycles. The highest BCUT2D eigenvalue weighted by atomic mass is 16.5. The Morgan fingerprint density at radius 3 is 2.56 bits per heavy atom. The molecule has 1 aromatic carbocycles. The number of carbonyl (C=O) groups is 1. The normalized spacial score (nSPS) is 11.0. The lowest BCUT2D eigenvalue weighted by atomic mass is 10.2. The van der Waals surface area contributed by atoms with Gasteiger partial charge in [-0.3, -0.25) is 0 Å². The van der Waals surface area contributed by atoms with Crippen molar-refractivity contribution in [3.63, 3.8) is 0 Å². The predicted molar refractivity (Wildman–Crippen MR) is 129 cm³/mol. The quantitative estimate of drug-likeness (QED) is 0.441. The highest BCUT2D eigenvalue weighted by molar-refractivity contribution is 5.89. The van der Waals surface area contributed by atoms with Crippen molar-refractivity contribution in [2.45, 2.75) is 40.3 Å². The van der Waals surface area contributed by atoms with E-state index in [1.165, 1.54) is 0 Å². The molecule has 32 heavy (non-hydrogen) atoms. The molecule has 4 N–H and O–H groups in total. The van der Waals surface area contributed by atoms with E-state index in [-0.39, 0.29) is 6.03 Å². The minimum Gasteiger partial charge on any atom is -0.382 e. The number of nitrogens with one attached hydrogen (secondary N) is 2. The van der Waals surface area contributed by atoms with Crippen LogP contribution in [0.1, 0.15) is 30.4 Å². The number of carbonyl (C=O) groups excluding carboxylic acids is 1. The second-order valence-corrected chi connectivity index (χ2v) is 7.90. The third-order valence-electron chi connectivity index (χ3n) is 5.40. The van der Waals surface area contributed by atoms with E-state index in [2.05, 4.69) is 25.2 Å². The predicted octanol–water partition coefficient (Wildman–Crippen LogP) is 3.44. The first-order chi connectivity index (χ1) is 15.3. The van der Waals surface area contributed by atoms with Crippen molar-refractivity contribution in [1.29, 1.82) is 0 Å². The number of nitrogen functional groups attached to an aromatic ring is 1. The average molecular weight is 440 g/mol. The molecule has 0 saturated carbocycles. The zero-order valence-corrected chi connectivity index (χ0v) is 19.5. The number of anilines is 3. The topological polar surface area (TPSA) is 110 Å². The summed E-state index contributed by atoms with van der Waals surface area (Å²) in [6, 6.07) is 7.47. The second-order valence-electron chi connectivity index (χ2n) is 7.90. The summed E-state index contributed by atoms with van der Waals surface area (Å²) in [5, 5.41) is 5.78. The SMILES string of the molecule is CCOCc1nc2c(N)nc(C)c(C)c2n1CCCNC(=O)Nc1ccc(N(C)C)cc1. The molecular formula is C23H33N7O2. The molecule has 0 spiro atoms. The van der Waals surface area contributed by atoms with Crippen LogP contribution in [0.15, 0.2) is 24.3 Å². The second kappa shape index (κ2) is 10.3. The van der Waals surface area contributed by atoms with Gasteiger partial charge in [0.25, 0.3) is 0 Å². The molecule has 0 fully saturated rings. The molecule has 0 aliphatic heterocycles. The van der Waals surface area contributed by atoms with Crippen molar-refractivity contribution in [1.82, 2.24) is 19.9 Å². The van der Waals surface area contributed by atoms with E-state index in [1.54, 1.807) is 0 Å². The third kappa shape index (κ3) is 5.28. The van der Waals surface area contributed by atoms with Gasteiger partial charge in [-0.05, 0) is 57.0 Å². The fourth-order valence-corrected chi connectivity index (χ4v) is 3.55. The van der Waals surface area contributed by atoms with Crippen LogP contribution in [0.4, 0.5) is 22.0 Å². The number of rotatable bonds is 9. The number of ether oxygens (including phenoxy) is 1. The van der Waals surface area contributed by atoms with Crippen LogP contribution >= 0.6 is 0 Å². The number of aromatic nitrogens is 3. The molecule has 2 amide bonds. The number of nitrogens with zero attached hydrogens (tertiary/aromatic N) is 4. The lowest BCUT2D eigenvalue weighted by molar-refractivity contribution is 0.126. The molecular weight excluding hydrogens is 406 g/mol. The van der Waals surface area contributed by atoms with E-state index in [0.717, 1.165) is 40.4 Å². The van der Waals surface area contributed by atoms with Crippen LogP contribution in [-0.4, -0.2) is 47.8 Å². The van der Waals surface area contributed by atoms with Gasteiger partial charge in [-0.25, -0.2) is 14.8 Å². The number of hydrogen-bond acceptors (Lipinski definition) is 6. The van der Waals surface area contributed by atoms with Crippen molar-refractivity contribution in [2.75, 3.05) is 43.2 Å². The summed E-state index contributed by atoms with van der Waals surface area (Å²) in [4.78, 5) is 23.4. The molecule has 0 bridgehead atoms. The number of imidazole rings is 1. The molecule has 0 aliphatic carbocycles. The highest BCUT2D eigenvalue weighted by Crippen LogP contribution is 2.26. The maximum atomic E-state index is 12.3. The minimum atomic E-state index is -0.229. The summed E-state index contributed by atoms with van der Waals surface area (Å²) >= 11 is 0. The molecule has 0 radical (unpaired) electrons. The van der Waals surface area contributed by atoms with Crippen molar-refractivity contribution < 1.29 is 9.53 Å². The third-order valence-corrected chi connectivity index (χ3v) is 5.40. The van der Waals surface area contributed by atoms with Crippen LogP contribution in [0.2, 0.25) is 0 Å². The van der Waals surface area contributed by atoms with E-state index < -0.39 is 0 Å². The molecule has 9 heteroatoms. The van der Waals surface area contributed by atoms with Gasteiger partial charge in [0.15, 0.2) is 5.82 Å². The Bertz CT molecular complexity index is 1070. The Balaban J connectivity index is 1.63. The molecule has 2 heterocycles. The molecule has 9 nitrogen and oxygen atoms in total. The Hall–Kier alpha value is -3.33. The van der Waals surface area contributed by atoms with Crippen LogP contribution < -0.4 is 21.3 Å². The number of pyridine rings is 1.